The van der Waals surface area contributed by atoms with Gasteiger partial charge in [0.05, 0.1) is 12.0 Å². The fourth-order valence-corrected chi connectivity index (χ4v) is 2.50. The average molecular weight is 260 g/mol. The van der Waals surface area contributed by atoms with Gasteiger partial charge in [0.15, 0.2) is 0 Å². The fourth-order valence-electron chi connectivity index (χ4n) is 1.42. The molecule has 0 aliphatic carbocycles. The van der Waals surface area contributed by atoms with E-state index in [-0.39, 0.29) is 5.75 Å². The molecule has 0 saturated heterocycles. The highest BCUT2D eigenvalue weighted by Gasteiger charge is 2.09. The van der Waals surface area contributed by atoms with Crippen LogP contribution in [0, 0.1) is 0 Å². The quantitative estimate of drug-likeness (QED) is 0.642. The van der Waals surface area contributed by atoms with Crippen LogP contribution < -0.4 is 10.0 Å². The monoisotopic (exact) mass is 260 g/mol. The Labute approximate surface area is 103 Å². The van der Waals surface area contributed by atoms with E-state index >= 15 is 0 Å². The molecule has 0 unspecified atom stereocenters. The lowest BCUT2D eigenvalue weighted by Crippen LogP contribution is -2.29. The van der Waals surface area contributed by atoms with Gasteiger partial charge < -0.3 is 9.73 Å². The zero-order valence-corrected chi connectivity index (χ0v) is 10.9. The van der Waals surface area contributed by atoms with Crippen molar-refractivity contribution in [1.82, 2.24) is 10.0 Å². The van der Waals surface area contributed by atoms with E-state index in [1.807, 2.05) is 13.0 Å². The molecule has 17 heavy (non-hydrogen) atoms. The molecule has 0 amide bonds. The van der Waals surface area contributed by atoms with Gasteiger partial charge in [-0.1, -0.05) is 6.92 Å². The van der Waals surface area contributed by atoms with Crippen LogP contribution in [-0.4, -0.2) is 33.8 Å². The predicted octanol–water partition coefficient (Wildman–Crippen LogP) is 0.741. The van der Waals surface area contributed by atoms with Crippen molar-refractivity contribution >= 4 is 10.0 Å². The summed E-state index contributed by atoms with van der Waals surface area (Å²) in [5.41, 5.74) is 0. The van der Waals surface area contributed by atoms with Crippen molar-refractivity contribution in [2.24, 2.45) is 0 Å². The minimum atomic E-state index is -3.15. The molecule has 0 spiro atoms. The van der Waals surface area contributed by atoms with Gasteiger partial charge in [-0.05, 0) is 31.6 Å². The fraction of sp³-hybridized carbons (Fsp3) is 0.636. The lowest BCUT2D eigenvalue weighted by atomic mass is 10.3. The molecule has 1 rings (SSSR count). The lowest BCUT2D eigenvalue weighted by Gasteiger charge is -2.06. The summed E-state index contributed by atoms with van der Waals surface area (Å²) >= 11 is 0. The first-order valence-electron chi connectivity index (χ1n) is 5.84. The minimum Gasteiger partial charge on any atom is -0.469 e. The molecule has 0 aromatic carbocycles. The van der Waals surface area contributed by atoms with Gasteiger partial charge in [0.25, 0.3) is 0 Å². The minimum absolute atomic E-state index is 0.165. The Bertz CT molecular complexity index is 387. The molecule has 0 aliphatic rings. The van der Waals surface area contributed by atoms with Crippen molar-refractivity contribution in [3.05, 3.63) is 24.2 Å². The van der Waals surface area contributed by atoms with E-state index in [1.54, 1.807) is 12.3 Å². The Hall–Kier alpha value is -0.850. The van der Waals surface area contributed by atoms with Gasteiger partial charge >= 0.3 is 0 Å². The molecule has 0 atom stereocenters. The van der Waals surface area contributed by atoms with E-state index in [9.17, 15) is 8.42 Å². The van der Waals surface area contributed by atoms with Crippen LogP contribution in [0.25, 0.3) is 0 Å². The third-order valence-electron chi connectivity index (χ3n) is 2.29. The molecular formula is C11H20N2O3S. The maximum atomic E-state index is 11.6. The van der Waals surface area contributed by atoms with E-state index < -0.39 is 10.0 Å². The third-order valence-corrected chi connectivity index (χ3v) is 3.76. The third kappa shape index (κ3) is 6.45. The normalized spacial score (nSPS) is 11.8. The highest BCUT2D eigenvalue weighted by atomic mass is 32.2. The van der Waals surface area contributed by atoms with Crippen LogP contribution >= 0.6 is 0 Å². The second kappa shape index (κ2) is 7.47. The molecule has 1 aromatic heterocycles. The van der Waals surface area contributed by atoms with E-state index in [4.69, 9.17) is 4.42 Å². The zero-order chi connectivity index (χ0) is 12.6. The zero-order valence-electron chi connectivity index (χ0n) is 10.1. The summed E-state index contributed by atoms with van der Waals surface area (Å²) in [6.45, 7) is 3.98. The number of rotatable bonds is 9. The summed E-state index contributed by atoms with van der Waals surface area (Å²) in [4.78, 5) is 0. The number of furan rings is 1. The second-order valence-corrected chi connectivity index (χ2v) is 5.68. The standard InChI is InChI=1S/C11H20N2O3S/c1-2-12-7-4-10-17(14,15)13-8-6-11-5-3-9-16-11/h3,5,9,12-13H,2,4,6-8,10H2,1H3. The number of hydrogen-bond donors (Lipinski definition) is 2. The maximum Gasteiger partial charge on any atom is 0.211 e. The molecule has 0 radical (unpaired) electrons. The van der Waals surface area contributed by atoms with Gasteiger partial charge in [0, 0.05) is 13.0 Å². The molecule has 1 heterocycles. The van der Waals surface area contributed by atoms with Gasteiger partial charge in [-0.25, -0.2) is 13.1 Å². The van der Waals surface area contributed by atoms with Crippen molar-refractivity contribution in [3.8, 4) is 0 Å². The molecule has 2 N–H and O–H groups in total. The van der Waals surface area contributed by atoms with Gasteiger partial charge in [-0.3, -0.25) is 0 Å². The molecular weight excluding hydrogens is 240 g/mol. The highest BCUT2D eigenvalue weighted by Crippen LogP contribution is 2.00. The summed E-state index contributed by atoms with van der Waals surface area (Å²) in [6, 6.07) is 3.62. The van der Waals surface area contributed by atoms with Gasteiger partial charge in [0.1, 0.15) is 5.76 Å². The molecule has 6 heteroatoms. The van der Waals surface area contributed by atoms with Crippen molar-refractivity contribution in [3.63, 3.8) is 0 Å². The van der Waals surface area contributed by atoms with Gasteiger partial charge in [-0.15, -0.1) is 0 Å². The Morgan fingerprint density at radius 1 is 1.35 bits per heavy atom. The van der Waals surface area contributed by atoms with Crippen LogP contribution in [0.5, 0.6) is 0 Å². The summed E-state index contributed by atoms with van der Waals surface area (Å²) in [7, 11) is -3.15. The molecule has 0 saturated carbocycles. The topological polar surface area (TPSA) is 71.3 Å². The molecule has 0 aliphatic heterocycles. The van der Waals surface area contributed by atoms with Crippen molar-refractivity contribution in [1.29, 1.82) is 0 Å². The van der Waals surface area contributed by atoms with E-state index in [0.717, 1.165) is 18.8 Å². The predicted molar refractivity (Wildman–Crippen MR) is 67.4 cm³/mol. The van der Waals surface area contributed by atoms with Crippen LogP contribution in [-0.2, 0) is 16.4 Å². The van der Waals surface area contributed by atoms with Gasteiger partial charge in [-0.2, -0.15) is 0 Å². The summed E-state index contributed by atoms with van der Waals surface area (Å²) in [5, 5.41) is 3.09. The average Bonchev–Trinajstić information content (AvgIpc) is 2.77. The van der Waals surface area contributed by atoms with Crippen LogP contribution in [0.15, 0.2) is 22.8 Å². The Balaban J connectivity index is 2.16. The van der Waals surface area contributed by atoms with Crippen LogP contribution in [0.2, 0.25) is 0 Å². The Morgan fingerprint density at radius 3 is 2.82 bits per heavy atom. The SMILES string of the molecule is CCNCCCS(=O)(=O)NCCc1ccco1. The van der Waals surface area contributed by atoms with Crippen molar-refractivity contribution < 1.29 is 12.8 Å². The summed E-state index contributed by atoms with van der Waals surface area (Å²) in [6.07, 6.45) is 2.80. The lowest BCUT2D eigenvalue weighted by molar-refractivity contribution is 0.505. The van der Waals surface area contributed by atoms with Crippen molar-refractivity contribution in [2.75, 3.05) is 25.4 Å². The number of nitrogens with one attached hydrogen (secondary N) is 2. The van der Waals surface area contributed by atoms with E-state index in [0.29, 0.717) is 19.4 Å². The Kier molecular flexibility index (Phi) is 6.25. The first-order valence-corrected chi connectivity index (χ1v) is 7.49. The first kappa shape index (κ1) is 14.2. The van der Waals surface area contributed by atoms with Gasteiger partial charge in [0.2, 0.25) is 10.0 Å². The second-order valence-electron chi connectivity index (χ2n) is 3.75. The van der Waals surface area contributed by atoms with Crippen LogP contribution in [0.4, 0.5) is 0 Å². The van der Waals surface area contributed by atoms with E-state index in [2.05, 4.69) is 10.0 Å². The smallest absolute Gasteiger partial charge is 0.211 e. The molecule has 98 valence electrons. The van der Waals surface area contributed by atoms with Crippen LogP contribution in [0.3, 0.4) is 0 Å². The highest BCUT2D eigenvalue weighted by molar-refractivity contribution is 7.89. The molecule has 5 nitrogen and oxygen atoms in total. The number of sulfonamides is 1. The number of hydrogen-bond acceptors (Lipinski definition) is 4. The molecule has 0 fully saturated rings. The molecule has 0 bridgehead atoms. The van der Waals surface area contributed by atoms with Crippen LogP contribution in [0.1, 0.15) is 19.1 Å². The Morgan fingerprint density at radius 2 is 2.18 bits per heavy atom. The summed E-state index contributed by atoms with van der Waals surface area (Å²) in [5.74, 6) is 0.957. The van der Waals surface area contributed by atoms with E-state index in [1.165, 1.54) is 0 Å². The largest absolute Gasteiger partial charge is 0.469 e. The molecule has 1 aromatic rings. The maximum absolute atomic E-state index is 11.6. The summed E-state index contributed by atoms with van der Waals surface area (Å²) < 4.78 is 30.8. The van der Waals surface area contributed by atoms with Crippen molar-refractivity contribution in [2.45, 2.75) is 19.8 Å². The first-order chi connectivity index (χ1) is 8.14.